The summed E-state index contributed by atoms with van der Waals surface area (Å²) in [6, 6.07) is 13.1. The van der Waals surface area contributed by atoms with E-state index in [9.17, 15) is 13.2 Å². The van der Waals surface area contributed by atoms with Gasteiger partial charge in [-0.2, -0.15) is 4.31 Å². The lowest BCUT2D eigenvalue weighted by Gasteiger charge is -2.35. The normalized spacial score (nSPS) is 18.1. The summed E-state index contributed by atoms with van der Waals surface area (Å²) >= 11 is 0. The van der Waals surface area contributed by atoms with E-state index < -0.39 is 16.1 Å². The van der Waals surface area contributed by atoms with Crippen LogP contribution in [0.3, 0.4) is 0 Å². The summed E-state index contributed by atoms with van der Waals surface area (Å²) in [7, 11) is -3.54. The van der Waals surface area contributed by atoms with Crippen LogP contribution in [0, 0.1) is 6.92 Å². The van der Waals surface area contributed by atoms with Crippen molar-refractivity contribution in [2.75, 3.05) is 26.2 Å². The summed E-state index contributed by atoms with van der Waals surface area (Å²) in [6.07, 6.45) is 2.44. The molecule has 1 saturated heterocycles. The average molecular weight is 429 g/mol. The van der Waals surface area contributed by atoms with Gasteiger partial charge in [0.25, 0.3) is 5.91 Å². The van der Waals surface area contributed by atoms with Crippen LogP contribution in [0.5, 0.6) is 5.75 Å². The Morgan fingerprint density at radius 2 is 1.63 bits per heavy atom. The molecule has 7 heteroatoms. The number of hydrogen-bond acceptors (Lipinski definition) is 4. The number of benzene rings is 2. The number of sulfonamides is 1. The second kappa shape index (κ2) is 8.40. The summed E-state index contributed by atoms with van der Waals surface area (Å²) in [4.78, 5) is 14.8. The second-order valence-electron chi connectivity index (χ2n) is 8.09. The van der Waals surface area contributed by atoms with Gasteiger partial charge in [-0.1, -0.05) is 23.8 Å². The zero-order chi connectivity index (χ0) is 21.3. The Morgan fingerprint density at radius 3 is 2.33 bits per heavy atom. The molecule has 1 atom stereocenters. The molecule has 6 nitrogen and oxygen atoms in total. The number of carbonyl (C=O) groups is 1. The van der Waals surface area contributed by atoms with Crippen LogP contribution in [0.1, 0.15) is 30.0 Å². The van der Waals surface area contributed by atoms with E-state index in [1.807, 2.05) is 43.3 Å². The number of carbonyl (C=O) groups excluding carboxylic acids is 1. The van der Waals surface area contributed by atoms with Gasteiger partial charge < -0.3 is 9.64 Å². The molecule has 0 bridgehead atoms. The first-order chi connectivity index (χ1) is 14.3. The van der Waals surface area contributed by atoms with Gasteiger partial charge in [-0.3, -0.25) is 4.79 Å². The van der Waals surface area contributed by atoms with Gasteiger partial charge in [0.2, 0.25) is 10.0 Å². The fourth-order valence-corrected chi connectivity index (χ4v) is 5.61. The Kier molecular flexibility index (Phi) is 5.84. The fourth-order valence-electron chi connectivity index (χ4n) is 4.14. The Morgan fingerprint density at radius 1 is 0.967 bits per heavy atom. The van der Waals surface area contributed by atoms with Gasteiger partial charge in [0.05, 0.1) is 4.90 Å². The topological polar surface area (TPSA) is 66.9 Å². The monoisotopic (exact) mass is 428 g/mol. The third-order valence-electron chi connectivity index (χ3n) is 5.94. The SMILES string of the molecule is Cc1ccc(OC(C)C(=O)N2CCN(S(=O)(=O)c3ccc4c(c3)CCC4)CC2)cc1. The van der Waals surface area contributed by atoms with Crippen molar-refractivity contribution in [1.82, 2.24) is 9.21 Å². The highest BCUT2D eigenvalue weighted by molar-refractivity contribution is 7.89. The molecule has 0 spiro atoms. The third-order valence-corrected chi connectivity index (χ3v) is 7.83. The average Bonchev–Trinajstić information content (AvgIpc) is 3.23. The molecule has 2 aromatic rings. The highest BCUT2D eigenvalue weighted by Gasteiger charge is 2.32. The van der Waals surface area contributed by atoms with Crippen molar-refractivity contribution in [1.29, 1.82) is 0 Å². The molecule has 1 aliphatic heterocycles. The van der Waals surface area contributed by atoms with Crippen molar-refractivity contribution in [3.05, 3.63) is 59.2 Å². The number of hydrogen-bond donors (Lipinski definition) is 0. The quantitative estimate of drug-likeness (QED) is 0.735. The van der Waals surface area contributed by atoms with E-state index in [0.29, 0.717) is 36.8 Å². The van der Waals surface area contributed by atoms with Crippen LogP contribution >= 0.6 is 0 Å². The van der Waals surface area contributed by atoms with Gasteiger partial charge in [-0.25, -0.2) is 8.42 Å². The van der Waals surface area contributed by atoms with E-state index in [1.165, 1.54) is 9.87 Å². The molecule has 1 unspecified atom stereocenters. The van der Waals surface area contributed by atoms with Gasteiger partial charge in [-0.15, -0.1) is 0 Å². The van der Waals surface area contributed by atoms with Crippen molar-refractivity contribution < 1.29 is 17.9 Å². The number of nitrogens with zero attached hydrogens (tertiary/aromatic N) is 2. The Bertz CT molecular complexity index is 1030. The maximum absolute atomic E-state index is 13.1. The molecule has 2 aromatic carbocycles. The highest BCUT2D eigenvalue weighted by Crippen LogP contribution is 2.27. The van der Waals surface area contributed by atoms with Crippen molar-refractivity contribution in [3.63, 3.8) is 0 Å². The highest BCUT2D eigenvalue weighted by atomic mass is 32.2. The van der Waals surface area contributed by atoms with Crippen LogP contribution in [0.4, 0.5) is 0 Å². The number of ether oxygens (including phenoxy) is 1. The molecular formula is C23H28N2O4S. The standard InChI is InChI=1S/C23H28N2O4S/c1-17-6-9-21(10-7-17)29-18(2)23(26)24-12-14-25(15-13-24)30(27,28)22-11-8-19-4-3-5-20(19)16-22/h6-11,16,18H,3-5,12-15H2,1-2H3. The molecule has 1 fully saturated rings. The van der Waals surface area contributed by atoms with Gasteiger partial charge in [-0.05, 0) is 68.5 Å². The number of amides is 1. The number of fused-ring (bicyclic) bond motifs is 1. The van der Waals surface area contributed by atoms with E-state index in [4.69, 9.17) is 4.74 Å². The molecule has 1 heterocycles. The van der Waals surface area contributed by atoms with Crippen LogP contribution < -0.4 is 4.74 Å². The lowest BCUT2D eigenvalue weighted by atomic mass is 10.1. The summed E-state index contributed by atoms with van der Waals surface area (Å²) in [5.41, 5.74) is 3.53. The van der Waals surface area contributed by atoms with E-state index in [-0.39, 0.29) is 5.91 Å². The summed E-state index contributed by atoms with van der Waals surface area (Å²) in [5, 5.41) is 0. The molecule has 0 aromatic heterocycles. The van der Waals surface area contributed by atoms with E-state index >= 15 is 0 Å². The first-order valence-corrected chi connectivity index (χ1v) is 11.9. The number of rotatable bonds is 5. The minimum absolute atomic E-state index is 0.120. The molecule has 160 valence electrons. The molecule has 0 radical (unpaired) electrons. The maximum Gasteiger partial charge on any atom is 0.263 e. The predicted molar refractivity (Wildman–Crippen MR) is 115 cm³/mol. The largest absolute Gasteiger partial charge is 0.481 e. The van der Waals surface area contributed by atoms with Crippen molar-refractivity contribution in [2.24, 2.45) is 0 Å². The second-order valence-corrected chi connectivity index (χ2v) is 10.0. The molecule has 30 heavy (non-hydrogen) atoms. The zero-order valence-electron chi connectivity index (χ0n) is 17.5. The van der Waals surface area contributed by atoms with Crippen LogP contribution in [0.2, 0.25) is 0 Å². The van der Waals surface area contributed by atoms with E-state index in [2.05, 4.69) is 0 Å². The molecule has 4 rings (SSSR count). The predicted octanol–water partition coefficient (Wildman–Crippen LogP) is 2.78. The van der Waals surface area contributed by atoms with E-state index in [0.717, 1.165) is 30.4 Å². The first kappa shape index (κ1) is 20.9. The first-order valence-electron chi connectivity index (χ1n) is 10.5. The van der Waals surface area contributed by atoms with Crippen LogP contribution in [-0.2, 0) is 27.7 Å². The van der Waals surface area contributed by atoms with Gasteiger partial charge >= 0.3 is 0 Å². The third kappa shape index (κ3) is 4.23. The number of piperazine rings is 1. The summed E-state index contributed by atoms with van der Waals surface area (Å²) in [6.45, 7) is 5.05. The van der Waals surface area contributed by atoms with Gasteiger partial charge in [0, 0.05) is 26.2 Å². The van der Waals surface area contributed by atoms with Crippen LogP contribution in [0.25, 0.3) is 0 Å². The molecule has 0 N–H and O–H groups in total. The minimum Gasteiger partial charge on any atom is -0.481 e. The summed E-state index contributed by atoms with van der Waals surface area (Å²) in [5.74, 6) is 0.532. The van der Waals surface area contributed by atoms with Crippen molar-refractivity contribution in [2.45, 2.75) is 44.1 Å². The fraction of sp³-hybridized carbons (Fsp3) is 0.435. The van der Waals surface area contributed by atoms with Crippen molar-refractivity contribution in [3.8, 4) is 5.75 Å². The van der Waals surface area contributed by atoms with Crippen LogP contribution in [-0.4, -0.2) is 55.8 Å². The Hall–Kier alpha value is -2.38. The lowest BCUT2D eigenvalue weighted by molar-refractivity contribution is -0.139. The maximum atomic E-state index is 13.1. The van der Waals surface area contributed by atoms with Crippen molar-refractivity contribution >= 4 is 15.9 Å². The van der Waals surface area contributed by atoms with Gasteiger partial charge in [0.1, 0.15) is 5.75 Å². The molecule has 1 amide bonds. The van der Waals surface area contributed by atoms with E-state index in [1.54, 1.807) is 17.9 Å². The van der Waals surface area contributed by atoms with Gasteiger partial charge in [0.15, 0.2) is 6.10 Å². The Labute approximate surface area is 178 Å². The molecule has 0 saturated carbocycles. The minimum atomic E-state index is -3.54. The lowest BCUT2D eigenvalue weighted by Crippen LogP contribution is -2.53. The Balaban J connectivity index is 1.37. The van der Waals surface area contributed by atoms with Crippen LogP contribution in [0.15, 0.2) is 47.4 Å². The molecule has 1 aliphatic carbocycles. The molecule has 2 aliphatic rings. The zero-order valence-corrected chi connectivity index (χ0v) is 18.3. The number of aryl methyl sites for hydroxylation is 3. The smallest absolute Gasteiger partial charge is 0.263 e. The molecular weight excluding hydrogens is 400 g/mol. The summed E-state index contributed by atoms with van der Waals surface area (Å²) < 4.78 is 33.4.